The van der Waals surface area contributed by atoms with E-state index in [2.05, 4.69) is 0 Å². The number of hydrogen-bond donors (Lipinski definition) is 2. The smallest absolute Gasteiger partial charge is 0.390 e. The molecule has 2 aromatic carbocycles. The Balaban J connectivity index is 1.45. The van der Waals surface area contributed by atoms with E-state index in [-0.39, 0.29) is 23.6 Å². The van der Waals surface area contributed by atoms with E-state index in [0.29, 0.717) is 44.6 Å². The number of alkyl halides is 3. The van der Waals surface area contributed by atoms with E-state index in [1.807, 2.05) is 35.2 Å². The highest BCUT2D eigenvalue weighted by Crippen LogP contribution is 2.40. The summed E-state index contributed by atoms with van der Waals surface area (Å²) in [6.45, 7) is 0.707. The maximum absolute atomic E-state index is 13.3. The molecule has 0 unspecified atom stereocenters. The normalized spacial score (nSPS) is 25.3. The van der Waals surface area contributed by atoms with Crippen molar-refractivity contribution in [1.29, 1.82) is 0 Å². The molecule has 0 heterocycles. The molecule has 0 spiro atoms. The number of halogens is 3. The lowest BCUT2D eigenvalue weighted by atomic mass is 9.78. The fraction of sp³-hybridized carbons (Fsp3) is 0.500. The lowest BCUT2D eigenvalue weighted by Gasteiger charge is -2.41. The Morgan fingerprint density at radius 3 is 2.03 bits per heavy atom. The van der Waals surface area contributed by atoms with E-state index >= 15 is 0 Å². The lowest BCUT2D eigenvalue weighted by Crippen LogP contribution is -2.48. The Kier molecular flexibility index (Phi) is 6.31. The van der Waals surface area contributed by atoms with Gasteiger partial charge in [0.25, 0.3) is 5.91 Å². The Hall–Kier alpha value is -2.38. The molecule has 33 heavy (non-hydrogen) atoms. The van der Waals surface area contributed by atoms with Gasteiger partial charge in [-0.1, -0.05) is 42.5 Å². The van der Waals surface area contributed by atoms with E-state index < -0.39 is 17.4 Å². The van der Waals surface area contributed by atoms with Crippen molar-refractivity contribution in [2.24, 2.45) is 0 Å². The van der Waals surface area contributed by atoms with E-state index in [1.165, 1.54) is 24.3 Å². The maximum atomic E-state index is 13.3. The molecule has 178 valence electrons. The molecule has 0 radical (unpaired) electrons. The Bertz CT molecular complexity index is 961. The van der Waals surface area contributed by atoms with E-state index in [0.717, 1.165) is 18.4 Å². The van der Waals surface area contributed by atoms with E-state index in [9.17, 15) is 28.2 Å². The second-order valence-electron chi connectivity index (χ2n) is 9.71. The van der Waals surface area contributed by atoms with Crippen LogP contribution in [0.3, 0.4) is 0 Å². The highest BCUT2D eigenvalue weighted by molar-refractivity contribution is 5.95. The van der Waals surface area contributed by atoms with Crippen LogP contribution in [0.25, 0.3) is 0 Å². The van der Waals surface area contributed by atoms with Crippen LogP contribution >= 0.6 is 0 Å². The van der Waals surface area contributed by atoms with Crippen LogP contribution in [0.2, 0.25) is 0 Å². The van der Waals surface area contributed by atoms with Crippen LogP contribution in [0.4, 0.5) is 13.2 Å². The van der Waals surface area contributed by atoms with Crippen LogP contribution in [-0.2, 0) is 12.0 Å². The maximum Gasteiger partial charge on any atom is 0.421 e. The van der Waals surface area contributed by atoms with Gasteiger partial charge in [0.05, 0.1) is 5.60 Å². The van der Waals surface area contributed by atoms with Crippen LogP contribution in [0.1, 0.15) is 66.9 Å². The summed E-state index contributed by atoms with van der Waals surface area (Å²) in [7, 11) is 0. The first kappa shape index (κ1) is 23.8. The van der Waals surface area contributed by atoms with Crippen molar-refractivity contribution in [3.63, 3.8) is 0 Å². The molecule has 0 saturated heterocycles. The minimum Gasteiger partial charge on any atom is -0.390 e. The number of nitrogens with zero attached hydrogens (tertiary/aromatic N) is 1. The van der Waals surface area contributed by atoms with Crippen molar-refractivity contribution in [2.75, 3.05) is 0 Å². The molecule has 1 amide bonds. The summed E-state index contributed by atoms with van der Waals surface area (Å²) in [5, 5.41) is 21.0. The standard InChI is InChI=1S/C26H30F3NO3/c1-24(32,26(27,28)29)20-9-7-19(8-10-20)23(31)30(21-11-12-21)22-13-15-25(33,16-14-22)17-18-5-3-2-4-6-18/h2-10,21-22,32-33H,11-17H2,1H3/t22?,24-,25?/m0/s1. The molecule has 1 atom stereocenters. The van der Waals surface area contributed by atoms with Crippen molar-refractivity contribution in [3.05, 3.63) is 71.3 Å². The van der Waals surface area contributed by atoms with E-state index in [4.69, 9.17) is 0 Å². The fourth-order valence-corrected chi connectivity index (χ4v) is 4.80. The molecule has 0 aromatic heterocycles. The number of aliphatic hydroxyl groups is 2. The number of carbonyl (C=O) groups excluding carboxylic acids is 1. The molecule has 2 aliphatic rings. The summed E-state index contributed by atoms with van der Waals surface area (Å²) < 4.78 is 39.4. The molecule has 2 saturated carbocycles. The first-order valence-electron chi connectivity index (χ1n) is 11.5. The SMILES string of the molecule is C[C@](O)(c1ccc(C(=O)N(C2CC2)C2CCC(O)(Cc3ccccc3)CC2)cc1)C(F)(F)F. The van der Waals surface area contributed by atoms with Crippen molar-refractivity contribution in [1.82, 2.24) is 4.90 Å². The number of carbonyl (C=O) groups is 1. The summed E-state index contributed by atoms with van der Waals surface area (Å²) in [5.41, 5.74) is -2.66. The lowest BCUT2D eigenvalue weighted by molar-refractivity contribution is -0.258. The molecule has 7 heteroatoms. The summed E-state index contributed by atoms with van der Waals surface area (Å²) in [5.74, 6) is -0.200. The molecule has 2 aromatic rings. The van der Waals surface area contributed by atoms with E-state index in [1.54, 1.807) is 0 Å². The summed E-state index contributed by atoms with van der Waals surface area (Å²) in [4.78, 5) is 15.2. The first-order valence-corrected chi connectivity index (χ1v) is 11.5. The quantitative estimate of drug-likeness (QED) is 0.638. The topological polar surface area (TPSA) is 60.8 Å². The molecule has 0 bridgehead atoms. The minimum atomic E-state index is -4.81. The van der Waals surface area contributed by atoms with Gasteiger partial charge in [0, 0.05) is 24.1 Å². The summed E-state index contributed by atoms with van der Waals surface area (Å²) in [6, 6.07) is 15.1. The summed E-state index contributed by atoms with van der Waals surface area (Å²) >= 11 is 0. The summed E-state index contributed by atoms with van der Waals surface area (Å²) in [6.07, 6.45) is 0.163. The largest absolute Gasteiger partial charge is 0.421 e. The zero-order chi connectivity index (χ0) is 23.9. The first-order chi connectivity index (χ1) is 15.5. The van der Waals surface area contributed by atoms with Crippen molar-refractivity contribution in [2.45, 2.75) is 81.3 Å². The third-order valence-corrected chi connectivity index (χ3v) is 7.08. The van der Waals surface area contributed by atoms with Gasteiger partial charge in [-0.15, -0.1) is 0 Å². The van der Waals surface area contributed by atoms with Gasteiger partial charge in [0.15, 0.2) is 5.60 Å². The second kappa shape index (κ2) is 8.76. The van der Waals surface area contributed by atoms with Gasteiger partial charge in [-0.05, 0) is 68.7 Å². The molecule has 4 rings (SSSR count). The predicted octanol–water partition coefficient (Wildman–Crippen LogP) is 4.98. The van der Waals surface area contributed by atoms with Crippen molar-refractivity contribution < 1.29 is 28.2 Å². The molecule has 2 fully saturated rings. The molecular weight excluding hydrogens is 431 g/mol. The number of benzene rings is 2. The van der Waals surface area contributed by atoms with Crippen LogP contribution < -0.4 is 0 Å². The number of amides is 1. The third-order valence-electron chi connectivity index (χ3n) is 7.08. The Morgan fingerprint density at radius 2 is 1.52 bits per heavy atom. The Labute approximate surface area is 192 Å². The van der Waals surface area contributed by atoms with Crippen LogP contribution in [0.5, 0.6) is 0 Å². The number of rotatable bonds is 6. The molecule has 4 nitrogen and oxygen atoms in total. The zero-order valence-corrected chi connectivity index (χ0v) is 18.7. The molecular formula is C26H30F3NO3. The third kappa shape index (κ3) is 5.09. The van der Waals surface area contributed by atoms with Crippen LogP contribution in [0.15, 0.2) is 54.6 Å². The van der Waals surface area contributed by atoms with Gasteiger partial charge in [-0.2, -0.15) is 13.2 Å². The van der Waals surface area contributed by atoms with Gasteiger partial charge < -0.3 is 15.1 Å². The monoisotopic (exact) mass is 461 g/mol. The zero-order valence-electron chi connectivity index (χ0n) is 18.7. The molecule has 2 N–H and O–H groups in total. The van der Waals surface area contributed by atoms with Crippen molar-refractivity contribution >= 4 is 5.91 Å². The molecule has 0 aliphatic heterocycles. The average molecular weight is 462 g/mol. The number of hydrogen-bond acceptors (Lipinski definition) is 3. The highest BCUT2D eigenvalue weighted by Gasteiger charge is 2.51. The van der Waals surface area contributed by atoms with Crippen molar-refractivity contribution in [3.8, 4) is 0 Å². The molecule has 2 aliphatic carbocycles. The second-order valence-corrected chi connectivity index (χ2v) is 9.71. The predicted molar refractivity (Wildman–Crippen MR) is 119 cm³/mol. The fourth-order valence-electron chi connectivity index (χ4n) is 4.80. The van der Waals surface area contributed by atoms with Gasteiger partial charge in [0.2, 0.25) is 0 Å². The van der Waals surface area contributed by atoms with Gasteiger partial charge in [0.1, 0.15) is 0 Å². The minimum absolute atomic E-state index is 0.000919. The average Bonchev–Trinajstić information content (AvgIpc) is 3.60. The Morgan fingerprint density at radius 1 is 0.970 bits per heavy atom. The van der Waals surface area contributed by atoms with Gasteiger partial charge in [-0.25, -0.2) is 0 Å². The van der Waals surface area contributed by atoms with Gasteiger partial charge in [-0.3, -0.25) is 4.79 Å². The van der Waals surface area contributed by atoms with Gasteiger partial charge >= 0.3 is 6.18 Å². The van der Waals surface area contributed by atoms with Crippen LogP contribution in [-0.4, -0.2) is 44.9 Å². The highest BCUT2D eigenvalue weighted by atomic mass is 19.4. The van der Waals surface area contributed by atoms with Crippen LogP contribution in [0, 0.1) is 0 Å².